The van der Waals surface area contributed by atoms with E-state index in [4.69, 9.17) is 14.5 Å². The van der Waals surface area contributed by atoms with Crippen molar-refractivity contribution in [3.8, 4) is 17.2 Å². The molecule has 1 amide bonds. The molecule has 0 radical (unpaired) electrons. The molecule has 180 valence electrons. The van der Waals surface area contributed by atoms with Crippen LogP contribution >= 0.6 is 11.3 Å². The number of aromatic nitrogens is 1. The van der Waals surface area contributed by atoms with Crippen molar-refractivity contribution < 1.29 is 14.3 Å². The van der Waals surface area contributed by atoms with Gasteiger partial charge in [-0.1, -0.05) is 61.6 Å². The molecule has 1 aliphatic rings. The van der Waals surface area contributed by atoms with E-state index in [0.29, 0.717) is 11.7 Å². The summed E-state index contributed by atoms with van der Waals surface area (Å²) in [7, 11) is 1.66. The summed E-state index contributed by atoms with van der Waals surface area (Å²) in [6, 6.07) is 21.4. The largest absolute Gasteiger partial charge is 0.497 e. The number of nitrogens with zero attached hydrogens (tertiary/aromatic N) is 3. The van der Waals surface area contributed by atoms with Gasteiger partial charge in [-0.2, -0.15) is 0 Å². The molecule has 0 saturated carbocycles. The molecule has 7 heteroatoms. The molecule has 4 aromatic rings. The normalized spacial score (nSPS) is 12.8. The van der Waals surface area contributed by atoms with Gasteiger partial charge in [0.2, 0.25) is 5.91 Å². The molecule has 35 heavy (non-hydrogen) atoms. The van der Waals surface area contributed by atoms with Gasteiger partial charge in [-0.05, 0) is 43.4 Å². The van der Waals surface area contributed by atoms with Crippen LogP contribution < -0.4 is 14.4 Å². The molecule has 0 saturated heterocycles. The van der Waals surface area contributed by atoms with Crippen molar-refractivity contribution in [1.82, 2.24) is 9.88 Å². The lowest BCUT2D eigenvalue weighted by Crippen LogP contribution is -2.42. The smallest absolute Gasteiger partial charge is 0.241 e. The summed E-state index contributed by atoms with van der Waals surface area (Å²) in [5, 5.41) is 0.701. The molecule has 0 spiro atoms. The standard InChI is InChI=1S/C28H29N3O3S/c1-4-30(5-2)16-17-31(28-29-22-15-14-19(33-3)18-25(22)35-28)27(32)26-20-10-6-8-12-23(20)34-24-13-9-7-11-21(24)26/h6-15,18,26H,4-5,16-17H2,1-3H3. The van der Waals surface area contributed by atoms with Crippen LogP contribution in [0.5, 0.6) is 17.2 Å². The highest BCUT2D eigenvalue weighted by atomic mass is 32.1. The highest BCUT2D eigenvalue weighted by Gasteiger charge is 2.36. The van der Waals surface area contributed by atoms with E-state index < -0.39 is 5.92 Å². The number of rotatable bonds is 8. The van der Waals surface area contributed by atoms with Crippen LogP contribution in [0.3, 0.4) is 0 Å². The first-order valence-electron chi connectivity index (χ1n) is 12.0. The number of amides is 1. The van der Waals surface area contributed by atoms with Gasteiger partial charge < -0.3 is 14.4 Å². The Morgan fingerprint density at radius 2 is 1.63 bits per heavy atom. The predicted octanol–water partition coefficient (Wildman–Crippen LogP) is 5.92. The van der Waals surface area contributed by atoms with E-state index in [1.807, 2.05) is 71.6 Å². The van der Waals surface area contributed by atoms with Crippen LogP contribution in [0.15, 0.2) is 66.7 Å². The van der Waals surface area contributed by atoms with Gasteiger partial charge in [-0.3, -0.25) is 9.69 Å². The van der Waals surface area contributed by atoms with Crippen LogP contribution in [-0.2, 0) is 4.79 Å². The Morgan fingerprint density at radius 3 is 2.26 bits per heavy atom. The van der Waals surface area contributed by atoms with E-state index in [-0.39, 0.29) is 5.91 Å². The molecule has 2 heterocycles. The van der Waals surface area contributed by atoms with Crippen LogP contribution in [0.25, 0.3) is 10.2 Å². The number of methoxy groups -OCH3 is 1. The number of likely N-dealkylation sites (N-methyl/N-ethyl adjacent to an activating group) is 1. The third-order valence-corrected chi connectivity index (χ3v) is 7.58. The number of fused-ring (bicyclic) bond motifs is 3. The number of anilines is 1. The molecule has 6 nitrogen and oxygen atoms in total. The van der Waals surface area contributed by atoms with E-state index >= 15 is 0 Å². The van der Waals surface area contributed by atoms with Gasteiger partial charge in [0.05, 0.1) is 23.2 Å². The quantitative estimate of drug-likeness (QED) is 0.309. The lowest BCUT2D eigenvalue weighted by atomic mass is 9.87. The summed E-state index contributed by atoms with van der Waals surface area (Å²) in [5.74, 6) is 1.77. The molecule has 0 aliphatic carbocycles. The van der Waals surface area contributed by atoms with Gasteiger partial charge in [0.1, 0.15) is 17.2 Å². The summed E-state index contributed by atoms with van der Waals surface area (Å²) in [4.78, 5) is 23.5. The third kappa shape index (κ3) is 4.49. The van der Waals surface area contributed by atoms with Gasteiger partial charge in [0.25, 0.3) is 0 Å². The SMILES string of the molecule is CCN(CC)CCN(C(=O)C1c2ccccc2Oc2ccccc21)c1nc2ccc(OC)cc2s1. The van der Waals surface area contributed by atoms with Gasteiger partial charge in [-0.15, -0.1) is 0 Å². The number of para-hydroxylation sites is 2. The number of hydrogen-bond donors (Lipinski definition) is 0. The first-order valence-corrected chi connectivity index (χ1v) is 12.8. The molecule has 0 fully saturated rings. The van der Waals surface area contributed by atoms with Gasteiger partial charge in [0, 0.05) is 24.2 Å². The van der Waals surface area contributed by atoms with Crippen LogP contribution in [0, 0.1) is 0 Å². The first-order chi connectivity index (χ1) is 17.1. The number of ether oxygens (including phenoxy) is 2. The Balaban J connectivity index is 1.59. The highest BCUT2D eigenvalue weighted by Crippen LogP contribution is 2.45. The molecule has 5 rings (SSSR count). The van der Waals surface area contributed by atoms with Gasteiger partial charge in [-0.25, -0.2) is 4.98 Å². The van der Waals surface area contributed by atoms with Crippen LogP contribution in [-0.4, -0.2) is 49.1 Å². The fourth-order valence-electron chi connectivity index (χ4n) is 4.55. The van der Waals surface area contributed by atoms with E-state index in [2.05, 4.69) is 18.7 Å². The maximum atomic E-state index is 14.4. The zero-order valence-corrected chi connectivity index (χ0v) is 21.0. The zero-order valence-electron chi connectivity index (χ0n) is 20.2. The maximum Gasteiger partial charge on any atom is 0.241 e. The lowest BCUT2D eigenvalue weighted by molar-refractivity contribution is -0.119. The molecule has 0 unspecified atom stereocenters. The summed E-state index contributed by atoms with van der Waals surface area (Å²) >= 11 is 1.52. The fourth-order valence-corrected chi connectivity index (χ4v) is 5.57. The summed E-state index contributed by atoms with van der Waals surface area (Å²) in [5.41, 5.74) is 2.62. The molecule has 0 N–H and O–H groups in total. The van der Waals surface area contributed by atoms with Crippen molar-refractivity contribution in [3.05, 3.63) is 77.9 Å². The zero-order chi connectivity index (χ0) is 24.4. The second kappa shape index (κ2) is 10.1. The van der Waals surface area contributed by atoms with Crippen molar-refractivity contribution in [2.45, 2.75) is 19.8 Å². The average molecular weight is 488 g/mol. The predicted molar refractivity (Wildman–Crippen MR) is 141 cm³/mol. The minimum Gasteiger partial charge on any atom is -0.497 e. The molecule has 0 atom stereocenters. The molecular weight excluding hydrogens is 458 g/mol. The maximum absolute atomic E-state index is 14.4. The molecule has 0 bridgehead atoms. The second-order valence-electron chi connectivity index (χ2n) is 8.46. The first kappa shape index (κ1) is 23.3. The number of carbonyl (C=O) groups is 1. The lowest BCUT2D eigenvalue weighted by Gasteiger charge is -2.32. The van der Waals surface area contributed by atoms with Crippen molar-refractivity contribution in [2.24, 2.45) is 0 Å². The number of hydrogen-bond acceptors (Lipinski definition) is 6. The Morgan fingerprint density at radius 1 is 0.971 bits per heavy atom. The Bertz CT molecular complexity index is 1300. The van der Waals surface area contributed by atoms with E-state index in [9.17, 15) is 4.79 Å². The second-order valence-corrected chi connectivity index (χ2v) is 9.47. The fraction of sp³-hybridized carbons (Fsp3) is 0.286. The Labute approximate surface area is 209 Å². The monoisotopic (exact) mass is 487 g/mol. The Hall–Kier alpha value is -3.42. The van der Waals surface area contributed by atoms with Crippen molar-refractivity contribution >= 4 is 32.6 Å². The summed E-state index contributed by atoms with van der Waals surface area (Å²) in [6.07, 6.45) is 0. The van der Waals surface area contributed by atoms with E-state index in [0.717, 1.165) is 58.2 Å². The highest BCUT2D eigenvalue weighted by molar-refractivity contribution is 7.22. The van der Waals surface area contributed by atoms with E-state index in [1.54, 1.807) is 7.11 Å². The summed E-state index contributed by atoms with van der Waals surface area (Å²) in [6.45, 7) is 7.47. The minimum atomic E-state index is -0.464. The molecular formula is C28H29N3O3S. The third-order valence-electron chi connectivity index (χ3n) is 6.54. The number of carbonyl (C=O) groups excluding carboxylic acids is 1. The molecule has 1 aromatic heterocycles. The number of thiazole rings is 1. The molecule has 3 aromatic carbocycles. The topological polar surface area (TPSA) is 54.9 Å². The molecule has 1 aliphatic heterocycles. The van der Waals surface area contributed by atoms with Gasteiger partial charge >= 0.3 is 0 Å². The van der Waals surface area contributed by atoms with Crippen LogP contribution in [0.1, 0.15) is 30.9 Å². The van der Waals surface area contributed by atoms with Crippen molar-refractivity contribution in [3.63, 3.8) is 0 Å². The van der Waals surface area contributed by atoms with Crippen LogP contribution in [0.2, 0.25) is 0 Å². The van der Waals surface area contributed by atoms with Crippen LogP contribution in [0.4, 0.5) is 5.13 Å². The van der Waals surface area contributed by atoms with Crippen molar-refractivity contribution in [1.29, 1.82) is 0 Å². The average Bonchev–Trinajstić information content (AvgIpc) is 3.32. The van der Waals surface area contributed by atoms with Crippen molar-refractivity contribution in [2.75, 3.05) is 38.2 Å². The number of benzene rings is 3. The minimum absolute atomic E-state index is 0.00590. The summed E-state index contributed by atoms with van der Waals surface area (Å²) < 4.78 is 12.5. The van der Waals surface area contributed by atoms with E-state index in [1.165, 1.54) is 11.3 Å². The van der Waals surface area contributed by atoms with Gasteiger partial charge in [0.15, 0.2) is 5.13 Å². The Kier molecular flexibility index (Phi) is 6.70.